The standard InChI is InChI=1S/C33H39Cl2N3O6/c34-25-10-4-8-22(18-25)29(33(15-16-33)24-9-5-11-26(35)20-24)44-32(43)37-38(28(39)13-12-21-6-2-1-3-7-21)27(31(41)42)19-23-14-17-36-30(23)40/h4-5,8-11,18,20-21,23,27,29H,1-3,6-7,12-17,19H2,(H,36,40)(H,37,43)(H,41,42)/t23?,27-,29?/m0/s1. The molecule has 3 fully saturated rings. The number of benzene rings is 2. The first-order valence-electron chi connectivity index (χ1n) is 15.5. The summed E-state index contributed by atoms with van der Waals surface area (Å²) < 4.78 is 6.09. The largest absolute Gasteiger partial charge is 0.480 e. The zero-order chi connectivity index (χ0) is 31.3. The molecule has 1 saturated heterocycles. The van der Waals surface area contributed by atoms with Crippen molar-refractivity contribution in [1.29, 1.82) is 0 Å². The number of nitrogens with zero attached hydrogens (tertiary/aromatic N) is 1. The molecule has 3 aliphatic rings. The van der Waals surface area contributed by atoms with Gasteiger partial charge in [-0.05, 0) is 73.4 Å². The van der Waals surface area contributed by atoms with Crippen molar-refractivity contribution in [2.45, 2.75) is 88.2 Å². The normalized spacial score (nSPS) is 20.7. The number of hydrogen-bond acceptors (Lipinski definition) is 5. The van der Waals surface area contributed by atoms with E-state index in [-0.39, 0.29) is 18.7 Å². The minimum atomic E-state index is -1.44. The van der Waals surface area contributed by atoms with Crippen LogP contribution < -0.4 is 10.7 Å². The van der Waals surface area contributed by atoms with Crippen LogP contribution in [0.25, 0.3) is 0 Å². The zero-order valence-corrected chi connectivity index (χ0v) is 26.1. The van der Waals surface area contributed by atoms with Crippen molar-refractivity contribution in [3.05, 3.63) is 69.7 Å². The Hall–Kier alpha value is -3.30. The summed E-state index contributed by atoms with van der Waals surface area (Å²) in [5.74, 6) is -2.29. The van der Waals surface area contributed by atoms with Crippen LogP contribution in [-0.4, -0.2) is 46.6 Å². The zero-order valence-electron chi connectivity index (χ0n) is 24.6. The number of nitrogens with one attached hydrogen (secondary N) is 2. The predicted octanol–water partition coefficient (Wildman–Crippen LogP) is 6.58. The number of carboxylic acid groups (broad SMARTS) is 1. The fourth-order valence-corrected chi connectivity index (χ4v) is 7.12. The van der Waals surface area contributed by atoms with Crippen molar-refractivity contribution in [3.63, 3.8) is 0 Å². The second kappa shape index (κ2) is 14.2. The van der Waals surface area contributed by atoms with E-state index in [2.05, 4.69) is 10.7 Å². The highest BCUT2D eigenvalue weighted by Gasteiger charge is 2.54. The van der Waals surface area contributed by atoms with Gasteiger partial charge in [0.05, 0.1) is 0 Å². The van der Waals surface area contributed by atoms with Crippen LogP contribution in [0.1, 0.15) is 87.9 Å². The molecule has 3 amide bonds. The molecule has 3 N–H and O–H groups in total. The lowest BCUT2D eigenvalue weighted by Crippen LogP contribution is -2.56. The molecule has 1 heterocycles. The molecule has 5 rings (SSSR count). The van der Waals surface area contributed by atoms with Gasteiger partial charge in [0.2, 0.25) is 11.8 Å². The van der Waals surface area contributed by atoms with Gasteiger partial charge in [-0.15, -0.1) is 0 Å². The van der Waals surface area contributed by atoms with E-state index in [9.17, 15) is 24.3 Å². The topological polar surface area (TPSA) is 125 Å². The maximum absolute atomic E-state index is 13.7. The second-order valence-corrected chi connectivity index (χ2v) is 13.2. The van der Waals surface area contributed by atoms with Crippen LogP contribution in [0.15, 0.2) is 48.5 Å². The van der Waals surface area contributed by atoms with Crippen LogP contribution in [0, 0.1) is 11.8 Å². The molecule has 3 atom stereocenters. The Kier molecular flexibility index (Phi) is 10.4. The molecule has 0 radical (unpaired) electrons. The van der Waals surface area contributed by atoms with Crippen molar-refractivity contribution >= 4 is 47.1 Å². The van der Waals surface area contributed by atoms with Gasteiger partial charge in [-0.2, -0.15) is 0 Å². The summed E-state index contributed by atoms with van der Waals surface area (Å²) in [6.07, 6.45) is 6.16. The first-order chi connectivity index (χ1) is 21.2. The second-order valence-electron chi connectivity index (χ2n) is 12.3. The van der Waals surface area contributed by atoms with Crippen LogP contribution >= 0.6 is 23.2 Å². The van der Waals surface area contributed by atoms with Crippen molar-refractivity contribution in [1.82, 2.24) is 15.8 Å². The molecular weight excluding hydrogens is 605 g/mol. The maximum Gasteiger partial charge on any atom is 0.426 e. The minimum absolute atomic E-state index is 0.0791. The van der Waals surface area contributed by atoms with E-state index in [0.29, 0.717) is 40.9 Å². The van der Waals surface area contributed by atoms with Gasteiger partial charge < -0.3 is 15.2 Å². The Morgan fingerprint density at radius 3 is 2.34 bits per heavy atom. The molecule has 0 bridgehead atoms. The number of halogens is 2. The molecule has 2 saturated carbocycles. The van der Waals surface area contributed by atoms with Gasteiger partial charge >= 0.3 is 12.1 Å². The van der Waals surface area contributed by atoms with Gasteiger partial charge in [-0.25, -0.2) is 20.0 Å². The minimum Gasteiger partial charge on any atom is -0.480 e. The van der Waals surface area contributed by atoms with Gasteiger partial charge in [0.1, 0.15) is 6.10 Å². The fourth-order valence-electron chi connectivity index (χ4n) is 6.73. The monoisotopic (exact) mass is 643 g/mol. The molecule has 9 nitrogen and oxygen atoms in total. The van der Waals surface area contributed by atoms with E-state index >= 15 is 0 Å². The van der Waals surface area contributed by atoms with Crippen molar-refractivity contribution < 1.29 is 29.0 Å². The summed E-state index contributed by atoms with van der Waals surface area (Å²) in [6, 6.07) is 13.0. The van der Waals surface area contributed by atoms with E-state index in [4.69, 9.17) is 27.9 Å². The number of ether oxygens (including phenoxy) is 1. The SMILES string of the molecule is O=C(NN(C(=O)CCC1CCCCC1)[C@@H](CC1CCNC1=O)C(=O)O)OC(c1cccc(Cl)c1)C1(c2cccc(Cl)c2)CC1. The highest BCUT2D eigenvalue weighted by Crippen LogP contribution is 2.58. The highest BCUT2D eigenvalue weighted by atomic mass is 35.5. The van der Waals surface area contributed by atoms with E-state index in [1.54, 1.807) is 24.3 Å². The highest BCUT2D eigenvalue weighted by molar-refractivity contribution is 6.31. The van der Waals surface area contributed by atoms with Crippen LogP contribution in [0.5, 0.6) is 0 Å². The summed E-state index contributed by atoms with van der Waals surface area (Å²) in [7, 11) is 0. The number of carboxylic acids is 1. The summed E-state index contributed by atoms with van der Waals surface area (Å²) >= 11 is 12.7. The quantitative estimate of drug-likeness (QED) is 0.238. The molecule has 2 aromatic rings. The molecule has 0 spiro atoms. The first-order valence-corrected chi connectivity index (χ1v) is 16.2. The van der Waals surface area contributed by atoms with Gasteiger partial charge in [-0.3, -0.25) is 9.59 Å². The number of amides is 3. The van der Waals surface area contributed by atoms with Gasteiger partial charge in [0.25, 0.3) is 0 Å². The van der Waals surface area contributed by atoms with Gasteiger partial charge in [0.15, 0.2) is 6.04 Å². The molecule has 236 valence electrons. The fraction of sp³-hybridized carbons (Fsp3) is 0.515. The first kappa shape index (κ1) is 32.1. The van der Waals surface area contributed by atoms with Crippen molar-refractivity contribution in [2.75, 3.05) is 6.54 Å². The lowest BCUT2D eigenvalue weighted by molar-refractivity contribution is -0.154. The van der Waals surface area contributed by atoms with Crippen molar-refractivity contribution in [3.8, 4) is 0 Å². The van der Waals surface area contributed by atoms with E-state index < -0.39 is 41.4 Å². The number of rotatable bonds is 11. The molecule has 1 aliphatic heterocycles. The predicted molar refractivity (Wildman–Crippen MR) is 166 cm³/mol. The Labute approximate surface area is 267 Å². The van der Waals surface area contributed by atoms with Gasteiger partial charge in [0, 0.05) is 34.3 Å². The molecule has 2 aliphatic carbocycles. The summed E-state index contributed by atoms with van der Waals surface area (Å²) in [5.41, 5.74) is 3.50. The third-order valence-electron chi connectivity index (χ3n) is 9.31. The van der Waals surface area contributed by atoms with Crippen LogP contribution in [0.4, 0.5) is 4.79 Å². The average molecular weight is 645 g/mol. The third kappa shape index (κ3) is 7.67. The Bertz CT molecular complexity index is 1380. The summed E-state index contributed by atoms with van der Waals surface area (Å²) in [6.45, 7) is 0.438. The number of carbonyl (C=O) groups is 4. The Morgan fingerprint density at radius 1 is 1.02 bits per heavy atom. The van der Waals surface area contributed by atoms with E-state index in [1.165, 1.54) is 6.42 Å². The van der Waals surface area contributed by atoms with Crippen LogP contribution in [0.3, 0.4) is 0 Å². The van der Waals surface area contributed by atoms with Crippen LogP contribution in [0.2, 0.25) is 10.0 Å². The van der Waals surface area contributed by atoms with Gasteiger partial charge in [-0.1, -0.05) is 79.6 Å². The summed E-state index contributed by atoms with van der Waals surface area (Å²) in [4.78, 5) is 52.2. The lowest BCUT2D eigenvalue weighted by Gasteiger charge is -2.33. The Balaban J connectivity index is 1.40. The summed E-state index contributed by atoms with van der Waals surface area (Å²) in [5, 5.41) is 14.9. The van der Waals surface area contributed by atoms with Crippen molar-refractivity contribution in [2.24, 2.45) is 11.8 Å². The third-order valence-corrected chi connectivity index (χ3v) is 9.78. The molecule has 11 heteroatoms. The molecule has 0 aromatic heterocycles. The van der Waals surface area contributed by atoms with E-state index in [0.717, 1.165) is 49.1 Å². The number of hydrogen-bond donors (Lipinski definition) is 3. The average Bonchev–Trinajstić information content (AvgIpc) is 3.72. The molecule has 2 aromatic carbocycles. The van der Waals surface area contributed by atoms with E-state index in [1.807, 2.05) is 24.3 Å². The van der Waals surface area contributed by atoms with Crippen LogP contribution in [-0.2, 0) is 24.5 Å². The molecule has 2 unspecified atom stereocenters. The number of aliphatic carboxylic acids is 1. The smallest absolute Gasteiger partial charge is 0.426 e. The molecule has 44 heavy (non-hydrogen) atoms. The maximum atomic E-state index is 13.7. The number of carbonyl (C=O) groups excluding carboxylic acids is 3. The number of hydrazine groups is 1. The molecular formula is C33H39Cl2N3O6. The Morgan fingerprint density at radius 2 is 1.73 bits per heavy atom. The lowest BCUT2D eigenvalue weighted by atomic mass is 9.86.